The van der Waals surface area contributed by atoms with Gasteiger partial charge in [-0.3, -0.25) is 4.90 Å². The molecule has 14 heavy (non-hydrogen) atoms. The highest BCUT2D eigenvalue weighted by Gasteiger charge is 2.23. The predicted molar refractivity (Wildman–Crippen MR) is 61.4 cm³/mol. The molecule has 1 fully saturated rings. The SMILES string of the molecule is CCC(C)N1CCCN(C)C(CN)C1. The molecular formula is C11H25N3. The zero-order chi connectivity index (χ0) is 10.6. The van der Waals surface area contributed by atoms with Gasteiger partial charge in [0.25, 0.3) is 0 Å². The van der Waals surface area contributed by atoms with Crippen molar-refractivity contribution in [2.75, 3.05) is 33.2 Å². The molecule has 0 aromatic heterocycles. The lowest BCUT2D eigenvalue weighted by Crippen LogP contribution is -2.45. The molecule has 2 N–H and O–H groups in total. The highest BCUT2D eigenvalue weighted by atomic mass is 15.2. The first-order valence-corrected chi connectivity index (χ1v) is 5.83. The van der Waals surface area contributed by atoms with Crippen molar-refractivity contribution in [3.63, 3.8) is 0 Å². The van der Waals surface area contributed by atoms with Crippen molar-refractivity contribution in [1.82, 2.24) is 9.80 Å². The van der Waals surface area contributed by atoms with Crippen LogP contribution in [0.15, 0.2) is 0 Å². The molecule has 0 aliphatic carbocycles. The Bertz CT molecular complexity index is 161. The first-order valence-electron chi connectivity index (χ1n) is 5.83. The summed E-state index contributed by atoms with van der Waals surface area (Å²) in [6, 6.07) is 1.25. The minimum Gasteiger partial charge on any atom is -0.329 e. The highest BCUT2D eigenvalue weighted by Crippen LogP contribution is 2.12. The molecule has 0 aromatic rings. The number of rotatable bonds is 3. The van der Waals surface area contributed by atoms with Crippen LogP contribution in [0.25, 0.3) is 0 Å². The predicted octanol–water partition coefficient (Wildman–Crippen LogP) is 0.750. The van der Waals surface area contributed by atoms with Crippen molar-refractivity contribution >= 4 is 0 Å². The first-order chi connectivity index (χ1) is 6.69. The molecule has 0 saturated carbocycles. The van der Waals surface area contributed by atoms with Gasteiger partial charge in [0.2, 0.25) is 0 Å². The van der Waals surface area contributed by atoms with Crippen LogP contribution in [0.5, 0.6) is 0 Å². The Morgan fingerprint density at radius 2 is 2.14 bits per heavy atom. The van der Waals surface area contributed by atoms with Crippen LogP contribution in [0.3, 0.4) is 0 Å². The molecule has 1 aliphatic heterocycles. The minimum absolute atomic E-state index is 0.548. The van der Waals surface area contributed by atoms with Crippen molar-refractivity contribution in [2.24, 2.45) is 5.73 Å². The average Bonchev–Trinajstić information content (AvgIpc) is 2.39. The fraction of sp³-hybridized carbons (Fsp3) is 1.00. The maximum atomic E-state index is 5.80. The largest absolute Gasteiger partial charge is 0.329 e. The van der Waals surface area contributed by atoms with Crippen LogP contribution in [-0.4, -0.2) is 55.1 Å². The van der Waals surface area contributed by atoms with E-state index in [1.807, 2.05) is 0 Å². The third-order valence-electron chi connectivity index (χ3n) is 3.51. The van der Waals surface area contributed by atoms with E-state index >= 15 is 0 Å². The molecule has 84 valence electrons. The summed E-state index contributed by atoms with van der Waals surface area (Å²) in [5, 5.41) is 0. The zero-order valence-corrected chi connectivity index (χ0v) is 9.87. The Morgan fingerprint density at radius 3 is 2.71 bits per heavy atom. The van der Waals surface area contributed by atoms with Crippen molar-refractivity contribution in [2.45, 2.75) is 38.8 Å². The van der Waals surface area contributed by atoms with Gasteiger partial charge in [0.15, 0.2) is 0 Å². The molecular weight excluding hydrogens is 174 g/mol. The topological polar surface area (TPSA) is 32.5 Å². The molecule has 2 unspecified atom stereocenters. The van der Waals surface area contributed by atoms with Crippen LogP contribution < -0.4 is 5.73 Å². The van der Waals surface area contributed by atoms with E-state index in [2.05, 4.69) is 30.7 Å². The molecule has 0 spiro atoms. The van der Waals surface area contributed by atoms with Gasteiger partial charge in [0.1, 0.15) is 0 Å². The van der Waals surface area contributed by atoms with Gasteiger partial charge in [-0.2, -0.15) is 0 Å². The molecule has 3 heteroatoms. The van der Waals surface area contributed by atoms with Gasteiger partial charge in [-0.25, -0.2) is 0 Å². The van der Waals surface area contributed by atoms with Crippen LogP contribution in [0, 0.1) is 0 Å². The second-order valence-corrected chi connectivity index (χ2v) is 4.48. The summed E-state index contributed by atoms with van der Waals surface area (Å²) in [4.78, 5) is 4.99. The molecule has 0 radical (unpaired) electrons. The molecule has 2 atom stereocenters. The van der Waals surface area contributed by atoms with Crippen molar-refractivity contribution in [1.29, 1.82) is 0 Å². The van der Waals surface area contributed by atoms with E-state index in [-0.39, 0.29) is 0 Å². The van der Waals surface area contributed by atoms with Crippen LogP contribution in [0.1, 0.15) is 26.7 Å². The zero-order valence-electron chi connectivity index (χ0n) is 9.87. The second-order valence-electron chi connectivity index (χ2n) is 4.48. The van der Waals surface area contributed by atoms with E-state index in [9.17, 15) is 0 Å². The lowest BCUT2D eigenvalue weighted by molar-refractivity contribution is 0.173. The third-order valence-corrected chi connectivity index (χ3v) is 3.51. The van der Waals surface area contributed by atoms with Gasteiger partial charge in [-0.15, -0.1) is 0 Å². The first kappa shape index (κ1) is 12.0. The lowest BCUT2D eigenvalue weighted by Gasteiger charge is -2.31. The summed E-state index contributed by atoms with van der Waals surface area (Å²) >= 11 is 0. The fourth-order valence-corrected chi connectivity index (χ4v) is 2.12. The third kappa shape index (κ3) is 2.94. The van der Waals surface area contributed by atoms with Gasteiger partial charge in [0, 0.05) is 25.2 Å². The summed E-state index contributed by atoms with van der Waals surface area (Å²) in [5.74, 6) is 0. The average molecular weight is 199 g/mol. The summed E-state index contributed by atoms with van der Waals surface area (Å²) in [5.41, 5.74) is 5.80. The van der Waals surface area contributed by atoms with Crippen molar-refractivity contribution in [3.05, 3.63) is 0 Å². The molecule has 1 heterocycles. The molecule has 1 aliphatic rings. The Hall–Kier alpha value is -0.120. The number of nitrogens with two attached hydrogens (primary N) is 1. The molecule has 1 rings (SSSR count). The van der Waals surface area contributed by atoms with E-state index in [0.29, 0.717) is 12.1 Å². The molecule has 0 bridgehead atoms. The standard InChI is InChI=1S/C11H25N3/c1-4-10(2)14-7-5-6-13(3)11(8-12)9-14/h10-11H,4-9,12H2,1-3H3. The Labute approximate surface area is 88.2 Å². The van der Waals surface area contributed by atoms with E-state index in [1.165, 1.54) is 25.9 Å². The quantitative estimate of drug-likeness (QED) is 0.728. The molecule has 1 saturated heterocycles. The lowest BCUT2D eigenvalue weighted by atomic mass is 10.2. The summed E-state index contributed by atoms with van der Waals surface area (Å²) in [6.45, 7) is 8.92. The van der Waals surface area contributed by atoms with Crippen molar-refractivity contribution < 1.29 is 0 Å². The Kier molecular flexibility index (Phi) is 4.85. The van der Waals surface area contributed by atoms with Crippen LogP contribution >= 0.6 is 0 Å². The normalized spacial score (nSPS) is 28.7. The Morgan fingerprint density at radius 1 is 1.43 bits per heavy atom. The summed E-state index contributed by atoms with van der Waals surface area (Å²) in [6.07, 6.45) is 2.51. The summed E-state index contributed by atoms with van der Waals surface area (Å²) < 4.78 is 0. The monoisotopic (exact) mass is 199 g/mol. The minimum atomic E-state index is 0.548. The number of likely N-dealkylation sites (N-methyl/N-ethyl adjacent to an activating group) is 1. The van der Waals surface area contributed by atoms with Gasteiger partial charge in [0.05, 0.1) is 0 Å². The number of hydrogen-bond acceptors (Lipinski definition) is 3. The van der Waals surface area contributed by atoms with Gasteiger partial charge < -0.3 is 10.6 Å². The fourth-order valence-electron chi connectivity index (χ4n) is 2.12. The van der Waals surface area contributed by atoms with Crippen molar-refractivity contribution in [3.8, 4) is 0 Å². The number of hydrogen-bond donors (Lipinski definition) is 1. The van der Waals surface area contributed by atoms with E-state index < -0.39 is 0 Å². The second kappa shape index (κ2) is 5.69. The van der Waals surface area contributed by atoms with Crippen LogP contribution in [0.2, 0.25) is 0 Å². The van der Waals surface area contributed by atoms with E-state index in [4.69, 9.17) is 5.73 Å². The van der Waals surface area contributed by atoms with Gasteiger partial charge in [-0.05, 0) is 39.9 Å². The number of nitrogens with zero attached hydrogens (tertiary/aromatic N) is 2. The maximum Gasteiger partial charge on any atom is 0.0342 e. The Balaban J connectivity index is 2.54. The molecule has 3 nitrogen and oxygen atoms in total. The van der Waals surface area contributed by atoms with Gasteiger partial charge >= 0.3 is 0 Å². The van der Waals surface area contributed by atoms with Crippen LogP contribution in [0.4, 0.5) is 0 Å². The molecule has 0 amide bonds. The highest BCUT2D eigenvalue weighted by molar-refractivity contribution is 4.80. The van der Waals surface area contributed by atoms with E-state index in [0.717, 1.165) is 13.1 Å². The summed E-state index contributed by atoms with van der Waals surface area (Å²) in [7, 11) is 2.19. The van der Waals surface area contributed by atoms with E-state index in [1.54, 1.807) is 0 Å². The van der Waals surface area contributed by atoms with Gasteiger partial charge in [-0.1, -0.05) is 6.92 Å². The van der Waals surface area contributed by atoms with Crippen LogP contribution in [-0.2, 0) is 0 Å². The maximum absolute atomic E-state index is 5.80. The molecule has 0 aromatic carbocycles. The smallest absolute Gasteiger partial charge is 0.0342 e.